The first kappa shape index (κ1) is 99.7. The molecule has 8 aliphatic rings. The van der Waals surface area contributed by atoms with Crippen LogP contribution in [0.25, 0.3) is 185 Å². The number of nitrogens with zero attached hydrogens (tertiary/aromatic N) is 16. The number of aromatic nitrogens is 16. The molecule has 0 saturated carbocycles. The van der Waals surface area contributed by atoms with E-state index in [-0.39, 0.29) is 191 Å². The van der Waals surface area contributed by atoms with Crippen LogP contribution in [0.15, 0.2) is 174 Å². The second kappa shape index (κ2) is 43.7. The van der Waals surface area contributed by atoms with Crippen LogP contribution >= 0.6 is 0 Å². The molecule has 32 bridgehead atoms. The van der Waals surface area contributed by atoms with Gasteiger partial charge in [-0.25, -0.2) is 68.6 Å². The number of rotatable bonds is 18. The minimum Gasteiger partial charge on any atom is -0.659 e. The van der Waals surface area contributed by atoms with Crippen LogP contribution in [0.5, 0.6) is 0 Å². The first-order valence-corrected chi connectivity index (χ1v) is 42.9. The summed E-state index contributed by atoms with van der Waals surface area (Å²) in [5.41, 5.74) is 21.4. The maximum Gasteiger partial charge on any atom is 2.00 e. The summed E-state index contributed by atoms with van der Waals surface area (Å²) < 4.78 is 31.3. The Kier molecular flexibility index (Phi) is 31.6. The second-order valence-corrected chi connectivity index (χ2v) is 30.1. The molecule has 700 valence electrons. The van der Waals surface area contributed by atoms with Gasteiger partial charge in [0.1, 0.15) is 11.1 Å². The summed E-state index contributed by atoms with van der Waals surface area (Å²) in [4.78, 5) is 161. The average molecular weight is 2020 g/mol. The summed E-state index contributed by atoms with van der Waals surface area (Å²) in [6.45, 7) is 34.0. The number of ether oxygens (including phenoxy) is 6. The minimum atomic E-state index is -0.948. The Morgan fingerprint density at radius 2 is 0.319 bits per heavy atom. The number of carbonyl (C=O) groups is 6. The van der Waals surface area contributed by atoms with Gasteiger partial charge in [0.2, 0.25) is 0 Å². The first-order chi connectivity index (χ1) is 65.3. The molecule has 0 unspecified atom stereocenters. The number of esters is 6. The molecule has 8 aliphatic heterocycles. The van der Waals surface area contributed by atoms with Crippen LogP contribution < -0.4 is 39.9 Å². The monoisotopic (exact) mass is 2020 g/mol. The number of hydrogen-bond acceptors (Lipinski definition) is 20. The van der Waals surface area contributed by atoms with Gasteiger partial charge in [-0.3, -0.25) is 0 Å². The SMILES string of the molecule is C=COC(=O)c1c2nc(c(C(=O)OC=C)c3ccc([n-]3)c3ccc([n-]3)c(C(=O)OC=C)c3nc(c(C(=O)OC=C)c4nc(c(C(=O)OC=C)c5ccc([n-]5)c5ccc([n-]5)c(C(=O)OC=C)c5nc1C=C5)C=C4)C=C3)C=C2.CCc1c2nc(c(CC)c3ccc([n-]3)c3ccc([n-]3)c(CC)c3nc(c(CC)c4nc(c(CC)c5ccc([n-]5)c5ccc([n-]5)c(CC)c5nc1C=C5)C=C4)C=C3)C=C2.[Cu+2].[Cu+2].[Cu+2].[Cu+2]. The fourth-order valence-corrected chi connectivity index (χ4v) is 16.4. The third-order valence-electron chi connectivity index (χ3n) is 22.6. The molecule has 0 N–H and O–H groups in total. The molecule has 32 heteroatoms. The van der Waals surface area contributed by atoms with Crippen LogP contribution in [0, 0.1) is 0 Å². The van der Waals surface area contributed by atoms with Gasteiger partial charge in [-0.15, -0.1) is 44.1 Å². The third kappa shape index (κ3) is 19.8. The van der Waals surface area contributed by atoms with Gasteiger partial charge in [-0.05, 0) is 158 Å². The Labute approximate surface area is 832 Å². The van der Waals surface area contributed by atoms with E-state index in [1.54, 1.807) is 24.3 Å². The molecule has 0 fully saturated rings. The van der Waals surface area contributed by atoms with Crippen LogP contribution in [0.2, 0.25) is 0 Å². The smallest absolute Gasteiger partial charge is 0.659 e. The molecule has 10 aromatic rings. The van der Waals surface area contributed by atoms with Crippen LogP contribution in [-0.4, -0.2) is 75.7 Å². The van der Waals surface area contributed by atoms with E-state index >= 15 is 0 Å². The van der Waals surface area contributed by atoms with Crippen molar-refractivity contribution in [2.45, 2.75) is 80.1 Å². The summed E-state index contributed by atoms with van der Waals surface area (Å²) >= 11 is 0. The third-order valence-corrected chi connectivity index (χ3v) is 22.6. The molecule has 4 radical (unpaired) electrons. The summed E-state index contributed by atoms with van der Waals surface area (Å²) in [7, 11) is 0. The molecule has 28 nitrogen and oxygen atoms in total. The van der Waals surface area contributed by atoms with Gasteiger partial charge in [0.05, 0.1) is 151 Å². The Morgan fingerprint density at radius 1 is 0.196 bits per heavy atom. The number of fused-ring (bicyclic) bond motifs is 36. The van der Waals surface area contributed by atoms with Crippen molar-refractivity contribution in [3.63, 3.8) is 0 Å². The molecule has 0 atom stereocenters. The number of aryl methyl sites for hydroxylation is 4. The van der Waals surface area contributed by atoms with Crippen LogP contribution in [0.3, 0.4) is 0 Å². The van der Waals surface area contributed by atoms with Crippen LogP contribution in [-0.2, 0) is 135 Å². The topological polar surface area (TPSA) is 374 Å². The van der Waals surface area contributed by atoms with Crippen molar-refractivity contribution in [1.29, 1.82) is 0 Å². The predicted octanol–water partition coefficient (Wildman–Crippen LogP) is 19.7. The predicted molar refractivity (Wildman–Crippen MR) is 519 cm³/mol. The number of carbonyl (C=O) groups excluding carboxylic acids is 6. The second-order valence-electron chi connectivity index (χ2n) is 30.1. The molecular formula is C106H80Cu4N16O12. The van der Waals surface area contributed by atoms with E-state index in [0.29, 0.717) is 0 Å². The zero-order chi connectivity index (χ0) is 93.5. The summed E-state index contributed by atoms with van der Waals surface area (Å²) in [5.74, 6) is -5.56. The summed E-state index contributed by atoms with van der Waals surface area (Å²) in [6.07, 6.45) is 38.7. The quantitative estimate of drug-likeness (QED) is 0.0333. The van der Waals surface area contributed by atoms with Crippen molar-refractivity contribution in [1.82, 2.24) is 79.7 Å². The van der Waals surface area contributed by atoms with E-state index in [1.165, 1.54) is 72.9 Å². The van der Waals surface area contributed by atoms with Gasteiger partial charge < -0.3 is 68.3 Å². The van der Waals surface area contributed by atoms with Crippen molar-refractivity contribution in [3.05, 3.63) is 332 Å². The van der Waals surface area contributed by atoms with Crippen LogP contribution in [0.4, 0.5) is 0 Å². The minimum absolute atomic E-state index is 0. The van der Waals surface area contributed by atoms with Gasteiger partial charge >= 0.3 is 104 Å². The van der Waals surface area contributed by atoms with Crippen molar-refractivity contribution < 1.29 is 125 Å². The van der Waals surface area contributed by atoms with Gasteiger partial charge in [-0.1, -0.05) is 178 Å². The fraction of sp³-hybridized carbons (Fsp3) is 0.113. The molecule has 10 aromatic heterocycles. The molecule has 18 rings (SSSR count). The Balaban J connectivity index is 0.000000234. The van der Waals surface area contributed by atoms with E-state index in [0.717, 1.165) is 199 Å². The molecule has 0 saturated heterocycles. The molecular weight excluding hydrogens is 1940 g/mol. The van der Waals surface area contributed by atoms with Crippen molar-refractivity contribution >= 4 is 221 Å². The van der Waals surface area contributed by atoms with Crippen LogP contribution in [0.1, 0.15) is 228 Å². The standard InChI is InChI=1S/C56H37N8O12.C50H46N8.4Cu/c1-7-71-51(65)45-33-17-13-29(57-33)30-14-18-34(58-30)46(52(66)72-8-2)39-23-27-43(63-39)50(56(70)76-12-6)44-28-24-40(64-44)48(54(68)74-10-4)36-20-16-32(60-36)31-15-19-35(59-31)47(53(67)73-9-3)38-22-26-42(62-38)49(55(69)75-11-5)41-25-21-37(45)61-41;1-7-29-35-13-17-39(51-35)31(9-3)43-21-25-47(55-43)49-27-23-45(57-49)33(11-5)41-19-15-37(53-41)30(8-2)38-16-20-42(54-38)34(12-6)46-24-28-50(58-46)48-26-22-44(56-48)32(10-4)40-18-14-36(29)52-40;;;;/h7-28H,1-6H2,(H3-,57,58,59,60,61,62,63,64,65,66,67,68,69,70);13-28H,7-12H2,1-6H3;;;;/q-1;-4;4*+2/p-3. The van der Waals surface area contributed by atoms with E-state index < -0.39 is 35.8 Å². The Bertz CT molecular complexity index is 7130. The summed E-state index contributed by atoms with van der Waals surface area (Å²) in [5, 5.41) is 0. The van der Waals surface area contributed by atoms with E-state index in [4.69, 9.17) is 68.3 Å². The van der Waals surface area contributed by atoms with Gasteiger partial charge in [0, 0.05) is 11.1 Å². The molecule has 18 heterocycles. The molecule has 0 aromatic carbocycles. The average Bonchev–Trinajstić information content (AvgIpc) is 1.63. The number of hydrogen-bond donors (Lipinski definition) is 0. The molecule has 0 amide bonds. The van der Waals surface area contributed by atoms with Gasteiger partial charge in [-0.2, -0.15) is 44.1 Å². The van der Waals surface area contributed by atoms with E-state index in [1.807, 2.05) is 0 Å². The summed E-state index contributed by atoms with van der Waals surface area (Å²) in [6, 6.07) is 28.9. The van der Waals surface area contributed by atoms with Crippen molar-refractivity contribution in [3.8, 4) is 0 Å². The normalized spacial score (nSPS) is 11.8. The van der Waals surface area contributed by atoms with Gasteiger partial charge in [0.15, 0.2) is 0 Å². The fourth-order valence-electron chi connectivity index (χ4n) is 16.4. The zero-order valence-corrected chi connectivity index (χ0v) is 78.5. The Hall–Kier alpha value is -15.7. The largest absolute Gasteiger partial charge is 2.00 e. The zero-order valence-electron chi connectivity index (χ0n) is 74.7. The first-order valence-electron chi connectivity index (χ1n) is 42.9. The molecule has 138 heavy (non-hydrogen) atoms. The van der Waals surface area contributed by atoms with E-state index in [2.05, 4.69) is 218 Å². The van der Waals surface area contributed by atoms with Crippen molar-refractivity contribution in [2.24, 2.45) is 0 Å². The van der Waals surface area contributed by atoms with Crippen molar-refractivity contribution in [2.75, 3.05) is 0 Å². The molecule has 0 spiro atoms. The molecule has 0 aliphatic carbocycles. The maximum atomic E-state index is 13.8. The Morgan fingerprint density at radius 3 is 0.486 bits per heavy atom. The maximum absolute atomic E-state index is 13.8. The van der Waals surface area contributed by atoms with E-state index in [9.17, 15) is 28.8 Å². The van der Waals surface area contributed by atoms with Gasteiger partial charge in [0.25, 0.3) is 0 Å².